The molecule has 0 amide bonds. The largest absolute Gasteiger partial charge is 0.399 e. The van der Waals surface area contributed by atoms with E-state index in [-0.39, 0.29) is 6.04 Å². The Bertz CT molecular complexity index is 1160. The van der Waals surface area contributed by atoms with Crippen LogP contribution in [0.2, 0.25) is 0 Å². The summed E-state index contributed by atoms with van der Waals surface area (Å²) in [7, 11) is 0.487. The molecule has 2 aliphatic heterocycles. The van der Waals surface area contributed by atoms with Gasteiger partial charge in [0.15, 0.2) is 5.82 Å². The molecule has 10 heteroatoms. The van der Waals surface area contributed by atoms with Gasteiger partial charge in [0.25, 0.3) is 0 Å². The first kappa shape index (κ1) is 20.6. The predicted molar refractivity (Wildman–Crippen MR) is 123 cm³/mol. The Labute approximate surface area is 188 Å². The lowest BCUT2D eigenvalue weighted by Gasteiger charge is -2.30. The van der Waals surface area contributed by atoms with E-state index < -0.39 is 10.8 Å². The van der Waals surface area contributed by atoms with Crippen LogP contribution in [0.15, 0.2) is 28.5 Å². The molecule has 4 heterocycles. The maximum atomic E-state index is 12.6. The van der Waals surface area contributed by atoms with E-state index >= 15 is 0 Å². The second-order valence-corrected chi connectivity index (χ2v) is 9.41. The number of anilines is 2. The molecule has 0 saturated heterocycles. The van der Waals surface area contributed by atoms with Gasteiger partial charge in [0.2, 0.25) is 5.95 Å². The molecule has 1 saturated carbocycles. The highest BCUT2D eigenvalue weighted by Crippen LogP contribution is 2.33. The number of nitrogens with one attached hydrogen (secondary N) is 1. The second-order valence-electron chi connectivity index (χ2n) is 7.90. The smallest absolute Gasteiger partial charge is 0.227 e. The Morgan fingerprint density at radius 3 is 2.78 bits per heavy atom. The van der Waals surface area contributed by atoms with Crippen LogP contribution in [0.25, 0.3) is 5.57 Å². The fourth-order valence-corrected chi connectivity index (χ4v) is 5.37. The van der Waals surface area contributed by atoms with Gasteiger partial charge in [0, 0.05) is 56.5 Å². The summed E-state index contributed by atoms with van der Waals surface area (Å²) in [6.07, 6.45) is 13.9. The van der Waals surface area contributed by atoms with Crippen LogP contribution in [-0.2, 0) is 22.1 Å². The van der Waals surface area contributed by atoms with Gasteiger partial charge in [-0.2, -0.15) is 4.98 Å². The highest BCUT2D eigenvalue weighted by Gasteiger charge is 2.32. The van der Waals surface area contributed by atoms with Crippen molar-refractivity contribution < 1.29 is 9.05 Å². The Morgan fingerprint density at radius 1 is 1.28 bits per heavy atom. The monoisotopic (exact) mass is 449 g/mol. The molecule has 32 heavy (non-hydrogen) atoms. The van der Waals surface area contributed by atoms with Crippen molar-refractivity contribution in [2.75, 3.05) is 36.2 Å². The molecule has 9 nitrogen and oxygen atoms in total. The third kappa shape index (κ3) is 3.96. The number of hydrogen-bond donors (Lipinski definition) is 1. The minimum Gasteiger partial charge on any atom is -0.399 e. The van der Waals surface area contributed by atoms with Gasteiger partial charge in [0.05, 0.1) is 27.8 Å². The van der Waals surface area contributed by atoms with E-state index in [1.54, 1.807) is 19.5 Å². The lowest BCUT2D eigenvalue weighted by molar-refractivity contribution is 0.209. The Balaban J connectivity index is 1.35. The molecule has 0 spiro atoms. The summed E-state index contributed by atoms with van der Waals surface area (Å²) in [5.74, 6) is 5.18. The summed E-state index contributed by atoms with van der Waals surface area (Å²) in [5.41, 5.74) is 3.65. The fraction of sp³-hybridized carbons (Fsp3) is 0.409. The standard InChI is InChI=1S/C22H23N7O2S/c1-3-14-12-23-20(24-13-14)15-4-7-29(8-5-15)22-26-18-6-9-32(30)19(18)21(27-22)25-16-10-17(11-16)28-31-2/h1,4,12-13,16H,5-11H2,2H3,(H,25,26,27). The molecule has 1 N–H and O–H groups in total. The zero-order valence-electron chi connectivity index (χ0n) is 17.7. The summed E-state index contributed by atoms with van der Waals surface area (Å²) in [6.45, 7) is 1.41. The van der Waals surface area contributed by atoms with Crippen LogP contribution in [0.5, 0.6) is 0 Å². The third-order valence-corrected chi connectivity index (χ3v) is 7.26. The molecule has 1 atom stereocenters. The van der Waals surface area contributed by atoms with Gasteiger partial charge in [-0.05, 0) is 12.0 Å². The van der Waals surface area contributed by atoms with Crippen LogP contribution in [0.4, 0.5) is 11.8 Å². The van der Waals surface area contributed by atoms with E-state index in [1.165, 1.54) is 0 Å². The van der Waals surface area contributed by atoms with Gasteiger partial charge in [-0.3, -0.25) is 4.21 Å². The van der Waals surface area contributed by atoms with Crippen molar-refractivity contribution in [2.45, 2.75) is 36.6 Å². The van der Waals surface area contributed by atoms with E-state index in [9.17, 15) is 4.21 Å². The van der Waals surface area contributed by atoms with Gasteiger partial charge in [0.1, 0.15) is 17.8 Å². The fourth-order valence-electron chi connectivity index (χ4n) is 4.05. The summed E-state index contributed by atoms with van der Waals surface area (Å²) in [5, 5.41) is 7.45. The van der Waals surface area contributed by atoms with Crippen LogP contribution in [0.3, 0.4) is 0 Å². The van der Waals surface area contributed by atoms with Crippen molar-refractivity contribution in [3.8, 4) is 12.3 Å². The molecule has 2 aromatic heterocycles. The Morgan fingerprint density at radius 2 is 2.09 bits per heavy atom. The van der Waals surface area contributed by atoms with Crippen LogP contribution < -0.4 is 10.2 Å². The summed E-state index contributed by atoms with van der Waals surface area (Å²) >= 11 is 0. The molecular formula is C22H23N7O2S. The number of terminal acetylenes is 1. The predicted octanol–water partition coefficient (Wildman–Crippen LogP) is 1.78. The molecule has 1 fully saturated rings. The SMILES string of the molecule is C#Cc1cnc(C2=CCN(c3nc4c(c(NC5CC(=NOC)C5)n3)S(=O)CC4)CC2)nc1. The number of fused-ring (bicyclic) bond motifs is 1. The average molecular weight is 450 g/mol. The van der Waals surface area contributed by atoms with Gasteiger partial charge in [-0.25, -0.2) is 15.0 Å². The van der Waals surface area contributed by atoms with E-state index in [1.807, 2.05) is 0 Å². The summed E-state index contributed by atoms with van der Waals surface area (Å²) in [6, 6.07) is 0.212. The van der Waals surface area contributed by atoms with Gasteiger partial charge in [-0.15, -0.1) is 6.42 Å². The highest BCUT2D eigenvalue weighted by molar-refractivity contribution is 7.85. The summed E-state index contributed by atoms with van der Waals surface area (Å²) in [4.78, 5) is 26.0. The van der Waals surface area contributed by atoms with E-state index in [0.29, 0.717) is 41.9 Å². The normalized spacial score (nSPS) is 21.8. The van der Waals surface area contributed by atoms with Crippen molar-refractivity contribution in [1.82, 2.24) is 19.9 Å². The molecule has 0 radical (unpaired) electrons. The van der Waals surface area contributed by atoms with E-state index in [4.69, 9.17) is 21.2 Å². The zero-order valence-corrected chi connectivity index (χ0v) is 18.6. The molecule has 164 valence electrons. The first-order valence-electron chi connectivity index (χ1n) is 10.5. The van der Waals surface area contributed by atoms with Gasteiger partial charge >= 0.3 is 0 Å². The van der Waals surface area contributed by atoms with E-state index in [0.717, 1.165) is 47.7 Å². The number of rotatable bonds is 5. The number of hydrogen-bond acceptors (Lipinski definition) is 9. The van der Waals surface area contributed by atoms with Crippen LogP contribution in [0.1, 0.15) is 36.3 Å². The van der Waals surface area contributed by atoms with Crippen molar-refractivity contribution in [3.63, 3.8) is 0 Å². The van der Waals surface area contributed by atoms with Crippen molar-refractivity contribution in [1.29, 1.82) is 0 Å². The lowest BCUT2D eigenvalue weighted by Crippen LogP contribution is -2.37. The van der Waals surface area contributed by atoms with E-state index in [2.05, 4.69) is 37.3 Å². The first-order chi connectivity index (χ1) is 15.6. The molecule has 0 bridgehead atoms. The maximum Gasteiger partial charge on any atom is 0.227 e. The molecule has 2 aromatic rings. The first-order valence-corrected chi connectivity index (χ1v) is 11.8. The zero-order chi connectivity index (χ0) is 22.1. The van der Waals surface area contributed by atoms with Crippen LogP contribution >= 0.6 is 0 Å². The number of oxime groups is 1. The van der Waals surface area contributed by atoms with Gasteiger partial charge in [-0.1, -0.05) is 17.2 Å². The maximum absolute atomic E-state index is 12.6. The average Bonchev–Trinajstić information content (AvgIpc) is 3.18. The molecule has 5 rings (SSSR count). The molecule has 1 aliphatic carbocycles. The Kier molecular flexibility index (Phi) is 5.57. The lowest BCUT2D eigenvalue weighted by atomic mass is 9.90. The van der Waals surface area contributed by atoms with Crippen LogP contribution in [-0.4, -0.2) is 61.9 Å². The number of aryl methyl sites for hydroxylation is 1. The molecule has 0 aromatic carbocycles. The molecule has 3 aliphatic rings. The quantitative estimate of drug-likeness (QED) is 0.544. The third-order valence-electron chi connectivity index (χ3n) is 5.80. The van der Waals surface area contributed by atoms with Crippen molar-refractivity contribution >= 4 is 33.9 Å². The van der Waals surface area contributed by atoms with Gasteiger partial charge < -0.3 is 15.1 Å². The molecule has 1 unspecified atom stereocenters. The van der Waals surface area contributed by atoms with Crippen molar-refractivity contribution in [2.24, 2.45) is 5.16 Å². The topological polar surface area (TPSA) is 105 Å². The van der Waals surface area contributed by atoms with Crippen LogP contribution in [0, 0.1) is 12.3 Å². The number of aromatic nitrogens is 4. The minimum absolute atomic E-state index is 0.212. The minimum atomic E-state index is -1.07. The molecular weight excluding hydrogens is 426 g/mol. The van der Waals surface area contributed by atoms with Crippen molar-refractivity contribution in [3.05, 3.63) is 35.6 Å². The number of nitrogens with zero attached hydrogens (tertiary/aromatic N) is 6. The Hall–Kier alpha value is -3.32. The highest BCUT2D eigenvalue weighted by atomic mass is 32.2. The second kappa shape index (κ2) is 8.67. The summed E-state index contributed by atoms with van der Waals surface area (Å²) < 4.78 is 12.6.